The lowest BCUT2D eigenvalue weighted by atomic mass is 10.2. The summed E-state index contributed by atoms with van der Waals surface area (Å²) in [6.07, 6.45) is 8.68. The van der Waals surface area contributed by atoms with Gasteiger partial charge in [0.15, 0.2) is 5.82 Å². The minimum Gasteiger partial charge on any atom is -0.366 e. The predicted octanol–water partition coefficient (Wildman–Crippen LogP) is 1.52. The zero-order chi connectivity index (χ0) is 13.8. The summed E-state index contributed by atoms with van der Waals surface area (Å²) in [4.78, 5) is 10.5. The van der Waals surface area contributed by atoms with E-state index in [2.05, 4.69) is 25.5 Å². The van der Waals surface area contributed by atoms with Gasteiger partial charge < -0.3 is 10.2 Å². The van der Waals surface area contributed by atoms with E-state index in [1.165, 1.54) is 18.4 Å². The normalized spacial score (nSPS) is 14.1. The average molecular weight is 270 g/mol. The van der Waals surface area contributed by atoms with Crippen molar-refractivity contribution in [1.82, 2.24) is 20.2 Å². The van der Waals surface area contributed by atoms with E-state index in [1.807, 2.05) is 36.5 Å². The van der Waals surface area contributed by atoms with Gasteiger partial charge in [-0.3, -0.25) is 4.98 Å². The molecule has 3 rings (SSSR count). The predicted molar refractivity (Wildman–Crippen MR) is 77.7 cm³/mol. The van der Waals surface area contributed by atoms with Gasteiger partial charge in [-0.2, -0.15) is 10.1 Å². The Hall–Kier alpha value is -2.24. The van der Waals surface area contributed by atoms with Crippen LogP contribution in [-0.4, -0.2) is 39.8 Å². The molecule has 1 N–H and O–H groups in total. The van der Waals surface area contributed by atoms with E-state index < -0.39 is 0 Å². The second kappa shape index (κ2) is 5.81. The molecule has 2 aromatic rings. The maximum Gasteiger partial charge on any atom is 0.247 e. The molecule has 2 aromatic heterocycles. The van der Waals surface area contributed by atoms with Gasteiger partial charge in [0.05, 0.1) is 6.20 Å². The molecule has 0 saturated heterocycles. The molecule has 0 amide bonds. The van der Waals surface area contributed by atoms with Crippen molar-refractivity contribution in [1.29, 1.82) is 0 Å². The summed E-state index contributed by atoms with van der Waals surface area (Å²) in [6, 6.07) is 4.62. The maximum atomic E-state index is 4.49. The molecule has 0 aromatic carbocycles. The van der Waals surface area contributed by atoms with Gasteiger partial charge >= 0.3 is 0 Å². The first kappa shape index (κ1) is 12.8. The SMILES string of the molecule is CN(CCc1ccncc1)c1nncc(NC2CC2)n1. The first-order chi connectivity index (χ1) is 9.81. The van der Waals surface area contributed by atoms with Crippen LogP contribution in [0.25, 0.3) is 0 Å². The summed E-state index contributed by atoms with van der Waals surface area (Å²) in [5.41, 5.74) is 1.26. The van der Waals surface area contributed by atoms with E-state index in [-0.39, 0.29) is 0 Å². The number of aromatic nitrogens is 4. The number of hydrogen-bond acceptors (Lipinski definition) is 6. The quantitative estimate of drug-likeness (QED) is 0.858. The highest BCUT2D eigenvalue weighted by atomic mass is 15.3. The van der Waals surface area contributed by atoms with Crippen LogP contribution in [0.2, 0.25) is 0 Å². The fourth-order valence-corrected chi connectivity index (χ4v) is 1.91. The first-order valence-electron chi connectivity index (χ1n) is 6.87. The van der Waals surface area contributed by atoms with Crippen LogP contribution in [0.4, 0.5) is 11.8 Å². The smallest absolute Gasteiger partial charge is 0.247 e. The zero-order valence-corrected chi connectivity index (χ0v) is 11.5. The van der Waals surface area contributed by atoms with Crippen LogP contribution in [-0.2, 0) is 6.42 Å². The molecule has 0 bridgehead atoms. The Bertz CT molecular complexity index is 555. The van der Waals surface area contributed by atoms with E-state index in [9.17, 15) is 0 Å². The zero-order valence-electron chi connectivity index (χ0n) is 11.5. The van der Waals surface area contributed by atoms with Gasteiger partial charge in [0, 0.05) is 32.0 Å². The molecule has 1 saturated carbocycles. The summed E-state index contributed by atoms with van der Waals surface area (Å²) in [5.74, 6) is 1.47. The van der Waals surface area contributed by atoms with Crippen molar-refractivity contribution in [2.24, 2.45) is 0 Å². The van der Waals surface area contributed by atoms with E-state index >= 15 is 0 Å². The van der Waals surface area contributed by atoms with Gasteiger partial charge in [-0.15, -0.1) is 5.10 Å². The molecular weight excluding hydrogens is 252 g/mol. The number of hydrogen-bond donors (Lipinski definition) is 1. The standard InChI is InChI=1S/C14H18N6/c1-20(9-6-11-4-7-15-8-5-11)14-18-13(10-16-19-14)17-12-2-3-12/h4-5,7-8,10,12H,2-3,6,9H2,1H3,(H,17,18,19). The van der Waals surface area contributed by atoms with Gasteiger partial charge in [0.2, 0.25) is 5.95 Å². The van der Waals surface area contributed by atoms with Gasteiger partial charge in [-0.1, -0.05) is 0 Å². The highest BCUT2D eigenvalue weighted by Gasteiger charge is 2.21. The summed E-state index contributed by atoms with van der Waals surface area (Å²) >= 11 is 0. The molecule has 104 valence electrons. The molecule has 2 heterocycles. The minimum absolute atomic E-state index is 0.571. The highest BCUT2D eigenvalue weighted by molar-refractivity contribution is 5.40. The van der Waals surface area contributed by atoms with Crippen molar-refractivity contribution in [2.75, 3.05) is 23.8 Å². The third-order valence-corrected chi connectivity index (χ3v) is 3.30. The number of pyridine rings is 1. The third kappa shape index (κ3) is 3.40. The lowest BCUT2D eigenvalue weighted by Gasteiger charge is -2.16. The summed E-state index contributed by atoms with van der Waals surface area (Å²) < 4.78 is 0. The molecule has 0 unspecified atom stereocenters. The van der Waals surface area contributed by atoms with Crippen molar-refractivity contribution in [3.05, 3.63) is 36.3 Å². The lowest BCUT2D eigenvalue weighted by Crippen LogP contribution is -2.23. The fraction of sp³-hybridized carbons (Fsp3) is 0.429. The van der Waals surface area contributed by atoms with Gasteiger partial charge in [0.25, 0.3) is 0 Å². The Labute approximate surface area is 118 Å². The number of rotatable bonds is 6. The molecule has 20 heavy (non-hydrogen) atoms. The summed E-state index contributed by atoms with van der Waals surface area (Å²) in [5, 5.41) is 11.4. The molecule has 0 atom stereocenters. The van der Waals surface area contributed by atoms with Crippen LogP contribution in [0.3, 0.4) is 0 Å². The largest absolute Gasteiger partial charge is 0.366 e. The van der Waals surface area contributed by atoms with Crippen LogP contribution in [0.5, 0.6) is 0 Å². The van der Waals surface area contributed by atoms with Crippen LogP contribution >= 0.6 is 0 Å². The second-order valence-electron chi connectivity index (χ2n) is 5.09. The van der Waals surface area contributed by atoms with Crippen LogP contribution in [0.15, 0.2) is 30.7 Å². The monoisotopic (exact) mass is 270 g/mol. The van der Waals surface area contributed by atoms with Crippen LogP contribution < -0.4 is 10.2 Å². The maximum absolute atomic E-state index is 4.49. The molecule has 6 heteroatoms. The Kier molecular flexibility index (Phi) is 3.71. The molecule has 1 fully saturated rings. The van der Waals surface area contributed by atoms with E-state index in [0.29, 0.717) is 12.0 Å². The fourth-order valence-electron chi connectivity index (χ4n) is 1.91. The molecule has 0 aliphatic heterocycles. The van der Waals surface area contributed by atoms with Gasteiger partial charge in [-0.25, -0.2) is 0 Å². The molecule has 0 spiro atoms. The Morgan fingerprint density at radius 2 is 2.10 bits per heavy atom. The van der Waals surface area contributed by atoms with Crippen molar-refractivity contribution in [3.63, 3.8) is 0 Å². The average Bonchev–Trinajstić information content (AvgIpc) is 3.30. The second-order valence-corrected chi connectivity index (χ2v) is 5.09. The van der Waals surface area contributed by atoms with Crippen molar-refractivity contribution < 1.29 is 0 Å². The molecule has 1 aliphatic rings. The van der Waals surface area contributed by atoms with Crippen molar-refractivity contribution >= 4 is 11.8 Å². The molecular formula is C14H18N6. The van der Waals surface area contributed by atoms with Crippen molar-refractivity contribution in [3.8, 4) is 0 Å². The van der Waals surface area contributed by atoms with E-state index in [4.69, 9.17) is 0 Å². The van der Waals surface area contributed by atoms with E-state index in [1.54, 1.807) is 6.20 Å². The van der Waals surface area contributed by atoms with Crippen LogP contribution in [0, 0.1) is 0 Å². The summed E-state index contributed by atoms with van der Waals surface area (Å²) in [6.45, 7) is 0.846. The number of nitrogens with zero attached hydrogens (tertiary/aromatic N) is 5. The van der Waals surface area contributed by atoms with Crippen LogP contribution in [0.1, 0.15) is 18.4 Å². The molecule has 1 aliphatic carbocycles. The Morgan fingerprint density at radius 3 is 2.85 bits per heavy atom. The Morgan fingerprint density at radius 1 is 1.30 bits per heavy atom. The van der Waals surface area contributed by atoms with Gasteiger partial charge in [-0.05, 0) is 37.0 Å². The number of nitrogens with one attached hydrogen (secondary N) is 1. The summed E-state index contributed by atoms with van der Waals surface area (Å²) in [7, 11) is 1.99. The Balaban J connectivity index is 1.59. The van der Waals surface area contributed by atoms with E-state index in [0.717, 1.165) is 18.8 Å². The first-order valence-corrected chi connectivity index (χ1v) is 6.87. The molecule has 6 nitrogen and oxygen atoms in total. The topological polar surface area (TPSA) is 66.8 Å². The number of anilines is 2. The van der Waals surface area contributed by atoms with Crippen molar-refractivity contribution in [2.45, 2.75) is 25.3 Å². The minimum atomic E-state index is 0.571. The lowest BCUT2D eigenvalue weighted by molar-refractivity contribution is 0.810. The third-order valence-electron chi connectivity index (χ3n) is 3.30. The highest BCUT2D eigenvalue weighted by Crippen LogP contribution is 2.23. The van der Waals surface area contributed by atoms with Gasteiger partial charge in [0.1, 0.15) is 0 Å². The molecule has 0 radical (unpaired) electrons. The number of likely N-dealkylation sites (N-methyl/N-ethyl adjacent to an activating group) is 1.